The molecule has 0 unspecified atom stereocenters. The van der Waals surface area contributed by atoms with Gasteiger partial charge in [-0.25, -0.2) is 14.5 Å². The van der Waals surface area contributed by atoms with Gasteiger partial charge in [-0.1, -0.05) is 24.3 Å². The Morgan fingerprint density at radius 3 is 2.71 bits per heavy atom. The third-order valence-electron chi connectivity index (χ3n) is 3.83. The summed E-state index contributed by atoms with van der Waals surface area (Å²) in [6.45, 7) is 0.244. The molecule has 4 aromatic rings. The van der Waals surface area contributed by atoms with Crippen molar-refractivity contribution in [3.05, 3.63) is 65.4 Å². The predicted molar refractivity (Wildman–Crippen MR) is 89.2 cm³/mol. The molecule has 2 aromatic carbocycles. The summed E-state index contributed by atoms with van der Waals surface area (Å²) in [6, 6.07) is 14.7. The molecule has 2 aromatic heterocycles. The molecule has 0 spiro atoms. The van der Waals surface area contributed by atoms with E-state index in [-0.39, 0.29) is 18.9 Å². The van der Waals surface area contributed by atoms with Crippen molar-refractivity contribution in [3.8, 4) is 0 Å². The third-order valence-corrected chi connectivity index (χ3v) is 3.83. The first-order chi connectivity index (χ1) is 11.7. The van der Waals surface area contributed by atoms with Gasteiger partial charge in [0, 0.05) is 13.0 Å². The fourth-order valence-electron chi connectivity index (χ4n) is 2.68. The van der Waals surface area contributed by atoms with Crippen molar-refractivity contribution in [1.29, 1.82) is 0 Å². The van der Waals surface area contributed by atoms with Gasteiger partial charge in [-0.3, -0.25) is 14.8 Å². The standard InChI is InChI=1S/C17H14N4O3/c22-16(19-21-11-18-12-5-1-2-6-13(12)21)9-10-20-14-7-3-4-8-15(14)24-17(20)23/h1-8,11H,9-10H2,(H,19,22). The van der Waals surface area contributed by atoms with E-state index in [1.165, 1.54) is 4.57 Å². The number of oxazole rings is 1. The van der Waals surface area contributed by atoms with Crippen LogP contribution in [-0.2, 0) is 11.3 Å². The monoisotopic (exact) mass is 322 g/mol. The lowest BCUT2D eigenvalue weighted by Crippen LogP contribution is -2.25. The van der Waals surface area contributed by atoms with Crippen LogP contribution >= 0.6 is 0 Å². The Kier molecular flexibility index (Phi) is 3.38. The first-order valence-electron chi connectivity index (χ1n) is 7.53. The van der Waals surface area contributed by atoms with E-state index < -0.39 is 5.76 Å². The number of aromatic nitrogens is 3. The van der Waals surface area contributed by atoms with E-state index in [9.17, 15) is 9.59 Å². The molecule has 4 rings (SSSR count). The number of rotatable bonds is 4. The number of fused-ring (bicyclic) bond motifs is 2. The van der Waals surface area contributed by atoms with Gasteiger partial charge in [0.1, 0.15) is 6.33 Å². The molecule has 0 saturated heterocycles. The first kappa shape index (κ1) is 14.3. The van der Waals surface area contributed by atoms with Crippen molar-refractivity contribution in [1.82, 2.24) is 14.2 Å². The molecule has 0 aliphatic rings. The molecule has 0 saturated carbocycles. The lowest BCUT2D eigenvalue weighted by Gasteiger charge is -2.07. The summed E-state index contributed by atoms with van der Waals surface area (Å²) in [5.74, 6) is -0.674. The van der Waals surface area contributed by atoms with E-state index in [1.807, 2.05) is 30.3 Å². The Morgan fingerprint density at radius 1 is 1.08 bits per heavy atom. The van der Waals surface area contributed by atoms with Crippen LogP contribution in [-0.4, -0.2) is 20.1 Å². The number of imidazole rings is 1. The summed E-state index contributed by atoms with van der Waals surface area (Å²) >= 11 is 0. The summed E-state index contributed by atoms with van der Waals surface area (Å²) in [6.07, 6.45) is 1.71. The van der Waals surface area contributed by atoms with Crippen molar-refractivity contribution < 1.29 is 9.21 Å². The average molecular weight is 322 g/mol. The second kappa shape index (κ2) is 5.69. The molecule has 24 heavy (non-hydrogen) atoms. The van der Waals surface area contributed by atoms with Crippen LogP contribution in [0.1, 0.15) is 6.42 Å². The number of benzene rings is 2. The maximum absolute atomic E-state index is 12.2. The van der Waals surface area contributed by atoms with E-state index in [2.05, 4.69) is 10.4 Å². The number of nitrogens with zero attached hydrogens (tertiary/aromatic N) is 3. The van der Waals surface area contributed by atoms with Gasteiger partial charge in [-0.2, -0.15) is 0 Å². The van der Waals surface area contributed by atoms with E-state index >= 15 is 0 Å². The average Bonchev–Trinajstić information content (AvgIpc) is 3.14. The highest BCUT2D eigenvalue weighted by atomic mass is 16.4. The molecule has 1 N–H and O–H groups in total. The molecule has 0 atom stereocenters. The van der Waals surface area contributed by atoms with Gasteiger partial charge >= 0.3 is 5.76 Å². The minimum Gasteiger partial charge on any atom is -0.408 e. The van der Waals surface area contributed by atoms with Gasteiger partial charge in [-0.15, -0.1) is 0 Å². The fraction of sp³-hybridized carbons (Fsp3) is 0.118. The lowest BCUT2D eigenvalue weighted by atomic mass is 10.3. The normalized spacial score (nSPS) is 11.2. The van der Waals surface area contributed by atoms with Crippen molar-refractivity contribution in [3.63, 3.8) is 0 Å². The van der Waals surface area contributed by atoms with E-state index in [0.717, 1.165) is 11.0 Å². The quantitative estimate of drug-likeness (QED) is 0.624. The topological polar surface area (TPSA) is 82.1 Å². The SMILES string of the molecule is O=C(CCn1c(=O)oc2ccccc21)Nn1cnc2ccccc21. The number of aryl methyl sites for hydroxylation is 1. The van der Waals surface area contributed by atoms with Crippen molar-refractivity contribution in [2.24, 2.45) is 0 Å². The Bertz CT molecular complexity index is 1090. The van der Waals surface area contributed by atoms with Crippen LogP contribution in [0.2, 0.25) is 0 Å². The molecule has 120 valence electrons. The van der Waals surface area contributed by atoms with E-state index in [0.29, 0.717) is 11.1 Å². The second-order valence-corrected chi connectivity index (χ2v) is 5.38. The molecule has 0 bridgehead atoms. The molecule has 7 heteroatoms. The zero-order valence-corrected chi connectivity index (χ0v) is 12.7. The van der Waals surface area contributed by atoms with Crippen molar-refractivity contribution in [2.45, 2.75) is 13.0 Å². The largest absolute Gasteiger partial charge is 0.419 e. The van der Waals surface area contributed by atoms with Crippen LogP contribution in [0.5, 0.6) is 0 Å². The minimum absolute atomic E-state index is 0.149. The van der Waals surface area contributed by atoms with Gasteiger partial charge in [0.05, 0.1) is 16.6 Å². The molecule has 0 fully saturated rings. The molecule has 0 aliphatic heterocycles. The van der Waals surface area contributed by atoms with E-state index in [1.54, 1.807) is 29.2 Å². The van der Waals surface area contributed by atoms with Crippen molar-refractivity contribution >= 4 is 28.0 Å². The summed E-state index contributed by atoms with van der Waals surface area (Å²) in [7, 11) is 0. The molecular formula is C17H14N4O3. The smallest absolute Gasteiger partial charge is 0.408 e. The number of nitrogens with one attached hydrogen (secondary N) is 1. The molecule has 0 radical (unpaired) electrons. The van der Waals surface area contributed by atoms with Gasteiger partial charge in [0.15, 0.2) is 5.58 Å². The maximum atomic E-state index is 12.2. The number of carbonyl (C=O) groups is 1. The minimum atomic E-state index is -0.461. The van der Waals surface area contributed by atoms with Crippen LogP contribution in [0.4, 0.5) is 0 Å². The Hall–Kier alpha value is -3.35. The fourth-order valence-corrected chi connectivity index (χ4v) is 2.68. The first-order valence-corrected chi connectivity index (χ1v) is 7.53. The van der Waals surface area contributed by atoms with Gasteiger partial charge < -0.3 is 4.42 Å². The molecule has 1 amide bonds. The molecule has 2 heterocycles. The highest BCUT2D eigenvalue weighted by Crippen LogP contribution is 2.12. The van der Waals surface area contributed by atoms with Crippen LogP contribution in [0, 0.1) is 0 Å². The summed E-state index contributed by atoms with van der Waals surface area (Å²) < 4.78 is 8.19. The number of amides is 1. The summed E-state index contributed by atoms with van der Waals surface area (Å²) in [5, 5.41) is 0. The van der Waals surface area contributed by atoms with Crippen LogP contribution in [0.3, 0.4) is 0 Å². The number of hydrogen-bond donors (Lipinski definition) is 1. The second-order valence-electron chi connectivity index (χ2n) is 5.38. The molecule has 7 nitrogen and oxygen atoms in total. The zero-order valence-electron chi connectivity index (χ0n) is 12.7. The third kappa shape index (κ3) is 2.45. The van der Waals surface area contributed by atoms with E-state index in [4.69, 9.17) is 4.42 Å². The lowest BCUT2D eigenvalue weighted by molar-refractivity contribution is -0.117. The highest BCUT2D eigenvalue weighted by molar-refractivity contribution is 5.86. The summed E-state index contributed by atoms with van der Waals surface area (Å²) in [4.78, 5) is 28.3. The molecular weight excluding hydrogens is 308 g/mol. The van der Waals surface area contributed by atoms with Crippen LogP contribution in [0.15, 0.2) is 64.1 Å². The Balaban J connectivity index is 1.50. The van der Waals surface area contributed by atoms with Crippen LogP contribution < -0.4 is 11.2 Å². The number of para-hydroxylation sites is 4. The maximum Gasteiger partial charge on any atom is 0.419 e. The zero-order chi connectivity index (χ0) is 16.5. The Morgan fingerprint density at radius 2 is 1.83 bits per heavy atom. The molecule has 0 aliphatic carbocycles. The van der Waals surface area contributed by atoms with Crippen LogP contribution in [0.25, 0.3) is 22.1 Å². The highest BCUT2D eigenvalue weighted by Gasteiger charge is 2.11. The number of hydrogen-bond acceptors (Lipinski definition) is 4. The van der Waals surface area contributed by atoms with Gasteiger partial charge in [0.25, 0.3) is 0 Å². The summed E-state index contributed by atoms with van der Waals surface area (Å²) in [5.41, 5.74) is 5.58. The number of carbonyl (C=O) groups excluding carboxylic acids is 1. The van der Waals surface area contributed by atoms with Crippen molar-refractivity contribution in [2.75, 3.05) is 5.43 Å². The Labute approximate surface area is 136 Å². The van der Waals surface area contributed by atoms with Gasteiger partial charge in [-0.05, 0) is 24.3 Å². The predicted octanol–water partition coefficient (Wildman–Crippen LogP) is 2.10. The van der Waals surface area contributed by atoms with Gasteiger partial charge in [0.2, 0.25) is 5.91 Å².